The Morgan fingerprint density at radius 2 is 1.79 bits per heavy atom. The standard InChI is InChI=1S/C21H23ClN6O/c1-14-12-15(2)28(26-14)20-7-6-19(24-25-20)27-10-8-16(9-11-27)21(29)23-18-5-3-4-17(22)13-18/h3-7,12-13,16H,8-11H2,1-2H3,(H,23,29). The number of aromatic nitrogens is 4. The summed E-state index contributed by atoms with van der Waals surface area (Å²) in [7, 11) is 0. The number of halogens is 1. The van der Waals surface area contributed by atoms with Crippen molar-refractivity contribution in [2.45, 2.75) is 26.7 Å². The van der Waals surface area contributed by atoms with Crippen LogP contribution in [0.5, 0.6) is 0 Å². The predicted molar refractivity (Wildman–Crippen MR) is 114 cm³/mol. The van der Waals surface area contributed by atoms with Crippen molar-refractivity contribution < 1.29 is 4.79 Å². The van der Waals surface area contributed by atoms with Crippen molar-refractivity contribution in [1.29, 1.82) is 0 Å². The largest absolute Gasteiger partial charge is 0.355 e. The van der Waals surface area contributed by atoms with Crippen molar-refractivity contribution in [2.75, 3.05) is 23.3 Å². The lowest BCUT2D eigenvalue weighted by Crippen LogP contribution is -2.38. The molecule has 0 radical (unpaired) electrons. The topological polar surface area (TPSA) is 75.9 Å². The number of nitrogens with zero attached hydrogens (tertiary/aromatic N) is 5. The Bertz CT molecular complexity index is 1010. The number of aryl methyl sites for hydroxylation is 2. The molecule has 1 N–H and O–H groups in total. The number of anilines is 2. The Kier molecular flexibility index (Phi) is 5.49. The number of piperidine rings is 1. The van der Waals surface area contributed by atoms with E-state index in [1.165, 1.54) is 0 Å². The lowest BCUT2D eigenvalue weighted by atomic mass is 9.96. The molecule has 0 unspecified atom stereocenters. The van der Waals surface area contributed by atoms with Crippen molar-refractivity contribution in [3.8, 4) is 5.82 Å². The number of hydrogen-bond donors (Lipinski definition) is 1. The highest BCUT2D eigenvalue weighted by molar-refractivity contribution is 6.30. The van der Waals surface area contributed by atoms with Crippen LogP contribution in [0.1, 0.15) is 24.2 Å². The molecule has 8 heteroatoms. The Hall–Kier alpha value is -2.93. The highest BCUT2D eigenvalue weighted by Gasteiger charge is 2.26. The molecule has 7 nitrogen and oxygen atoms in total. The van der Waals surface area contributed by atoms with Gasteiger partial charge in [-0.1, -0.05) is 17.7 Å². The van der Waals surface area contributed by atoms with Crippen LogP contribution in [0.15, 0.2) is 42.5 Å². The van der Waals surface area contributed by atoms with E-state index in [1.807, 2.05) is 44.2 Å². The van der Waals surface area contributed by atoms with Crippen molar-refractivity contribution in [1.82, 2.24) is 20.0 Å². The number of hydrogen-bond acceptors (Lipinski definition) is 5. The molecule has 2 aromatic heterocycles. The van der Waals surface area contributed by atoms with Crippen LogP contribution in [0.2, 0.25) is 5.02 Å². The third-order valence-electron chi connectivity index (χ3n) is 5.14. The summed E-state index contributed by atoms with van der Waals surface area (Å²) in [5.41, 5.74) is 2.71. The summed E-state index contributed by atoms with van der Waals surface area (Å²) in [6, 6.07) is 13.1. The van der Waals surface area contributed by atoms with Gasteiger partial charge in [-0.25, -0.2) is 4.68 Å². The molecular formula is C21H23ClN6O. The van der Waals surface area contributed by atoms with Crippen molar-refractivity contribution in [2.24, 2.45) is 5.92 Å². The summed E-state index contributed by atoms with van der Waals surface area (Å²) in [5, 5.41) is 16.7. The molecule has 3 heterocycles. The van der Waals surface area contributed by atoms with Gasteiger partial charge in [0, 0.05) is 35.4 Å². The summed E-state index contributed by atoms with van der Waals surface area (Å²) in [6.45, 7) is 5.48. The molecule has 3 aromatic rings. The normalized spacial score (nSPS) is 14.8. The maximum Gasteiger partial charge on any atom is 0.227 e. The van der Waals surface area contributed by atoms with E-state index >= 15 is 0 Å². The molecule has 1 amide bonds. The minimum absolute atomic E-state index is 0.0211. The van der Waals surface area contributed by atoms with Crippen LogP contribution in [-0.4, -0.2) is 39.0 Å². The highest BCUT2D eigenvalue weighted by Crippen LogP contribution is 2.24. The van der Waals surface area contributed by atoms with E-state index in [0.29, 0.717) is 10.8 Å². The molecular weight excluding hydrogens is 388 g/mol. The Morgan fingerprint density at radius 1 is 1.07 bits per heavy atom. The average molecular weight is 411 g/mol. The fourth-order valence-electron chi connectivity index (χ4n) is 3.64. The van der Waals surface area contributed by atoms with E-state index < -0.39 is 0 Å². The highest BCUT2D eigenvalue weighted by atomic mass is 35.5. The summed E-state index contributed by atoms with van der Waals surface area (Å²) in [5.74, 6) is 1.55. The van der Waals surface area contributed by atoms with Gasteiger partial charge < -0.3 is 10.2 Å². The second kappa shape index (κ2) is 8.21. The van der Waals surface area contributed by atoms with E-state index in [4.69, 9.17) is 11.6 Å². The smallest absolute Gasteiger partial charge is 0.227 e. The molecule has 4 rings (SSSR count). The van der Waals surface area contributed by atoms with E-state index in [2.05, 4.69) is 25.5 Å². The lowest BCUT2D eigenvalue weighted by Gasteiger charge is -2.31. The number of carbonyl (C=O) groups is 1. The zero-order valence-electron chi connectivity index (χ0n) is 16.5. The van der Waals surface area contributed by atoms with Gasteiger partial charge in [0.25, 0.3) is 0 Å². The zero-order valence-corrected chi connectivity index (χ0v) is 17.2. The van der Waals surface area contributed by atoms with Crippen LogP contribution < -0.4 is 10.2 Å². The first-order chi connectivity index (χ1) is 14.0. The third kappa shape index (κ3) is 4.40. The van der Waals surface area contributed by atoms with E-state index in [0.717, 1.165) is 48.8 Å². The molecule has 1 aliphatic rings. The lowest BCUT2D eigenvalue weighted by molar-refractivity contribution is -0.120. The van der Waals surface area contributed by atoms with Gasteiger partial charge in [0.15, 0.2) is 11.6 Å². The molecule has 0 aliphatic carbocycles. The Morgan fingerprint density at radius 3 is 2.41 bits per heavy atom. The van der Waals surface area contributed by atoms with Crippen molar-refractivity contribution in [3.05, 3.63) is 58.9 Å². The third-order valence-corrected chi connectivity index (χ3v) is 5.38. The van der Waals surface area contributed by atoms with Gasteiger partial charge in [0.05, 0.1) is 5.69 Å². The van der Waals surface area contributed by atoms with Gasteiger partial charge in [0.1, 0.15) is 0 Å². The number of amides is 1. The quantitative estimate of drug-likeness (QED) is 0.708. The van der Waals surface area contributed by atoms with Gasteiger partial charge in [-0.2, -0.15) is 5.10 Å². The molecule has 0 atom stereocenters. The first-order valence-electron chi connectivity index (χ1n) is 9.68. The maximum atomic E-state index is 12.5. The molecule has 1 saturated heterocycles. The molecule has 0 bridgehead atoms. The van der Waals surface area contributed by atoms with Crippen LogP contribution in [0.4, 0.5) is 11.5 Å². The van der Waals surface area contributed by atoms with Crippen LogP contribution in [0.25, 0.3) is 5.82 Å². The zero-order chi connectivity index (χ0) is 20.4. The molecule has 29 heavy (non-hydrogen) atoms. The number of carbonyl (C=O) groups excluding carboxylic acids is 1. The molecule has 1 aliphatic heterocycles. The van der Waals surface area contributed by atoms with Crippen LogP contribution >= 0.6 is 11.6 Å². The van der Waals surface area contributed by atoms with E-state index in [1.54, 1.807) is 16.8 Å². The molecule has 0 saturated carbocycles. The van der Waals surface area contributed by atoms with E-state index in [9.17, 15) is 4.79 Å². The predicted octanol–water partition coefficient (Wildman–Crippen LogP) is 3.79. The van der Waals surface area contributed by atoms with Gasteiger partial charge >= 0.3 is 0 Å². The SMILES string of the molecule is Cc1cc(C)n(-c2ccc(N3CCC(C(=O)Nc4cccc(Cl)c4)CC3)nn2)n1. The minimum Gasteiger partial charge on any atom is -0.355 e. The second-order valence-electron chi connectivity index (χ2n) is 7.35. The van der Waals surface area contributed by atoms with Gasteiger partial charge in [0.2, 0.25) is 5.91 Å². The molecule has 1 fully saturated rings. The summed E-state index contributed by atoms with van der Waals surface area (Å²) in [6.07, 6.45) is 1.54. The van der Waals surface area contributed by atoms with Crippen LogP contribution in [0.3, 0.4) is 0 Å². The molecule has 150 valence electrons. The van der Waals surface area contributed by atoms with Gasteiger partial charge in [-0.05, 0) is 63.1 Å². The number of rotatable bonds is 4. The second-order valence-corrected chi connectivity index (χ2v) is 7.79. The number of nitrogens with one attached hydrogen (secondary N) is 1. The summed E-state index contributed by atoms with van der Waals surface area (Å²) < 4.78 is 1.79. The Labute approximate surface area is 174 Å². The van der Waals surface area contributed by atoms with Gasteiger partial charge in [-0.3, -0.25) is 4.79 Å². The average Bonchev–Trinajstić information content (AvgIpc) is 3.06. The Balaban J connectivity index is 1.35. The van der Waals surface area contributed by atoms with E-state index in [-0.39, 0.29) is 11.8 Å². The molecule has 0 spiro atoms. The first-order valence-corrected chi connectivity index (χ1v) is 10.1. The molecule has 1 aromatic carbocycles. The van der Waals surface area contributed by atoms with Crippen molar-refractivity contribution >= 4 is 29.0 Å². The van der Waals surface area contributed by atoms with Crippen molar-refractivity contribution in [3.63, 3.8) is 0 Å². The summed E-state index contributed by atoms with van der Waals surface area (Å²) >= 11 is 5.98. The number of benzene rings is 1. The monoisotopic (exact) mass is 410 g/mol. The first kappa shape index (κ1) is 19.4. The van der Waals surface area contributed by atoms with Gasteiger partial charge in [-0.15, -0.1) is 10.2 Å². The fraction of sp³-hybridized carbons (Fsp3) is 0.333. The fourth-order valence-corrected chi connectivity index (χ4v) is 3.83. The van der Waals surface area contributed by atoms with Crippen LogP contribution in [0, 0.1) is 19.8 Å². The maximum absolute atomic E-state index is 12.5. The minimum atomic E-state index is -0.0211. The summed E-state index contributed by atoms with van der Waals surface area (Å²) in [4.78, 5) is 14.7. The van der Waals surface area contributed by atoms with Crippen LogP contribution in [-0.2, 0) is 4.79 Å².